The highest BCUT2D eigenvalue weighted by Crippen LogP contribution is 2.10. The van der Waals surface area contributed by atoms with Crippen LogP contribution in [-0.2, 0) is 7.05 Å². The number of nitrogens with zero attached hydrogens (tertiary/aromatic N) is 2. The maximum Gasteiger partial charge on any atom is 0.0582 e. The van der Waals surface area contributed by atoms with Crippen molar-refractivity contribution < 1.29 is 5.11 Å². The third kappa shape index (κ3) is 2.82. The summed E-state index contributed by atoms with van der Waals surface area (Å²) >= 11 is 0. The molecular formula is C9H17N3O. The van der Waals surface area contributed by atoms with E-state index in [2.05, 4.69) is 17.3 Å². The van der Waals surface area contributed by atoms with E-state index in [9.17, 15) is 0 Å². The zero-order valence-corrected chi connectivity index (χ0v) is 8.36. The van der Waals surface area contributed by atoms with Gasteiger partial charge in [0.1, 0.15) is 0 Å². The molecule has 0 spiro atoms. The van der Waals surface area contributed by atoms with E-state index in [0.29, 0.717) is 0 Å². The molecule has 13 heavy (non-hydrogen) atoms. The van der Waals surface area contributed by atoms with Crippen LogP contribution in [0.2, 0.25) is 0 Å². The van der Waals surface area contributed by atoms with Gasteiger partial charge in [-0.2, -0.15) is 5.10 Å². The standard InChI is InChI=1S/C9H17N3O/c1-7(6-13)11-8(2)9-4-10-12(3)5-9/h4-5,7-8,11,13H,6H2,1-3H3/t7-,8+/m0/s1. The molecule has 4 heteroatoms. The highest BCUT2D eigenvalue weighted by molar-refractivity contribution is 5.09. The van der Waals surface area contributed by atoms with Crippen molar-refractivity contribution in [2.24, 2.45) is 7.05 Å². The van der Waals surface area contributed by atoms with Crippen molar-refractivity contribution in [3.05, 3.63) is 18.0 Å². The number of aliphatic hydroxyl groups is 1. The molecule has 0 aliphatic carbocycles. The quantitative estimate of drug-likeness (QED) is 0.712. The molecule has 0 saturated heterocycles. The summed E-state index contributed by atoms with van der Waals surface area (Å²) in [6.45, 7) is 4.17. The van der Waals surface area contributed by atoms with Crippen molar-refractivity contribution in [1.82, 2.24) is 15.1 Å². The second-order valence-corrected chi connectivity index (χ2v) is 3.42. The second kappa shape index (κ2) is 4.39. The predicted octanol–water partition coefficient (Wildman–Crippen LogP) is 0.451. The summed E-state index contributed by atoms with van der Waals surface area (Å²) in [5, 5.41) is 16.2. The SMILES string of the molecule is C[C@@H](CO)N[C@H](C)c1cnn(C)c1. The number of aryl methyl sites for hydroxylation is 1. The second-order valence-electron chi connectivity index (χ2n) is 3.42. The summed E-state index contributed by atoms with van der Waals surface area (Å²) in [7, 11) is 1.89. The zero-order valence-electron chi connectivity index (χ0n) is 8.36. The maximum atomic E-state index is 8.85. The Morgan fingerprint density at radius 1 is 1.62 bits per heavy atom. The molecule has 0 aliphatic heterocycles. The summed E-state index contributed by atoms with van der Waals surface area (Å²) in [5.41, 5.74) is 1.14. The number of hydrogen-bond acceptors (Lipinski definition) is 3. The Kier molecular flexibility index (Phi) is 3.45. The molecule has 0 saturated carbocycles. The molecule has 1 aromatic rings. The van der Waals surface area contributed by atoms with Crippen LogP contribution < -0.4 is 5.32 Å². The van der Waals surface area contributed by atoms with Gasteiger partial charge in [0.25, 0.3) is 0 Å². The monoisotopic (exact) mass is 183 g/mol. The average Bonchev–Trinajstić information content (AvgIpc) is 2.51. The third-order valence-electron chi connectivity index (χ3n) is 2.03. The van der Waals surface area contributed by atoms with Crippen LogP contribution in [0.4, 0.5) is 0 Å². The molecule has 2 atom stereocenters. The molecule has 1 rings (SSSR count). The largest absolute Gasteiger partial charge is 0.395 e. The minimum absolute atomic E-state index is 0.121. The van der Waals surface area contributed by atoms with Gasteiger partial charge in [0.05, 0.1) is 12.8 Å². The molecule has 4 nitrogen and oxygen atoms in total. The van der Waals surface area contributed by atoms with Gasteiger partial charge in [-0.05, 0) is 13.8 Å². The lowest BCUT2D eigenvalue weighted by Gasteiger charge is -2.16. The van der Waals surface area contributed by atoms with Gasteiger partial charge >= 0.3 is 0 Å². The number of rotatable bonds is 4. The van der Waals surface area contributed by atoms with E-state index in [1.54, 1.807) is 4.68 Å². The first-order valence-electron chi connectivity index (χ1n) is 4.49. The van der Waals surface area contributed by atoms with Gasteiger partial charge in [0, 0.05) is 30.9 Å². The molecule has 0 radical (unpaired) electrons. The lowest BCUT2D eigenvalue weighted by atomic mass is 10.2. The predicted molar refractivity (Wildman–Crippen MR) is 51.3 cm³/mol. The lowest BCUT2D eigenvalue weighted by molar-refractivity contribution is 0.243. The third-order valence-corrected chi connectivity index (χ3v) is 2.03. The molecule has 0 aromatic carbocycles. The molecule has 0 fully saturated rings. The Bertz CT molecular complexity index is 259. The van der Waals surface area contributed by atoms with E-state index >= 15 is 0 Å². The fourth-order valence-electron chi connectivity index (χ4n) is 1.24. The summed E-state index contributed by atoms with van der Waals surface area (Å²) < 4.78 is 1.77. The summed E-state index contributed by atoms with van der Waals surface area (Å²) in [6, 6.07) is 0.353. The lowest BCUT2D eigenvalue weighted by Crippen LogP contribution is -2.31. The van der Waals surface area contributed by atoms with Crippen LogP contribution in [0.5, 0.6) is 0 Å². The topological polar surface area (TPSA) is 50.1 Å². The number of aliphatic hydroxyl groups excluding tert-OH is 1. The molecule has 0 unspecified atom stereocenters. The highest BCUT2D eigenvalue weighted by atomic mass is 16.3. The Morgan fingerprint density at radius 3 is 2.77 bits per heavy atom. The molecule has 2 N–H and O–H groups in total. The first-order valence-corrected chi connectivity index (χ1v) is 4.49. The van der Waals surface area contributed by atoms with Crippen LogP contribution in [0.15, 0.2) is 12.4 Å². The van der Waals surface area contributed by atoms with E-state index in [0.717, 1.165) is 5.56 Å². The zero-order chi connectivity index (χ0) is 9.84. The number of hydrogen-bond donors (Lipinski definition) is 2. The Balaban J connectivity index is 2.53. The van der Waals surface area contributed by atoms with Gasteiger partial charge in [0.15, 0.2) is 0 Å². The first-order chi connectivity index (χ1) is 6.13. The van der Waals surface area contributed by atoms with Crippen molar-refractivity contribution in [3.63, 3.8) is 0 Å². The van der Waals surface area contributed by atoms with Crippen molar-refractivity contribution in [3.8, 4) is 0 Å². The van der Waals surface area contributed by atoms with Crippen LogP contribution >= 0.6 is 0 Å². The van der Waals surface area contributed by atoms with Crippen LogP contribution in [0.25, 0.3) is 0 Å². The van der Waals surface area contributed by atoms with Crippen LogP contribution in [-0.4, -0.2) is 27.5 Å². The molecule has 74 valence electrons. The Hall–Kier alpha value is -0.870. The average molecular weight is 183 g/mol. The minimum atomic E-state index is 0.121. The number of nitrogens with one attached hydrogen (secondary N) is 1. The maximum absolute atomic E-state index is 8.85. The van der Waals surface area contributed by atoms with Crippen molar-refractivity contribution in [1.29, 1.82) is 0 Å². The van der Waals surface area contributed by atoms with Crippen LogP contribution in [0.1, 0.15) is 25.5 Å². The minimum Gasteiger partial charge on any atom is -0.395 e. The van der Waals surface area contributed by atoms with E-state index in [1.165, 1.54) is 0 Å². The van der Waals surface area contributed by atoms with Crippen LogP contribution in [0.3, 0.4) is 0 Å². The molecule has 0 amide bonds. The smallest absolute Gasteiger partial charge is 0.0582 e. The molecule has 1 heterocycles. The summed E-state index contributed by atoms with van der Waals surface area (Å²) in [5.74, 6) is 0. The molecule has 1 aromatic heterocycles. The molecular weight excluding hydrogens is 166 g/mol. The van der Waals surface area contributed by atoms with Gasteiger partial charge in [-0.15, -0.1) is 0 Å². The summed E-state index contributed by atoms with van der Waals surface area (Å²) in [6.07, 6.45) is 3.81. The van der Waals surface area contributed by atoms with E-state index < -0.39 is 0 Å². The van der Waals surface area contributed by atoms with Gasteiger partial charge < -0.3 is 10.4 Å². The van der Waals surface area contributed by atoms with E-state index in [1.807, 2.05) is 26.4 Å². The van der Waals surface area contributed by atoms with Crippen molar-refractivity contribution >= 4 is 0 Å². The molecule has 0 aliphatic rings. The fraction of sp³-hybridized carbons (Fsp3) is 0.667. The van der Waals surface area contributed by atoms with Crippen molar-refractivity contribution in [2.45, 2.75) is 25.9 Å². The highest BCUT2D eigenvalue weighted by Gasteiger charge is 2.09. The van der Waals surface area contributed by atoms with Crippen LogP contribution in [0, 0.1) is 0 Å². The number of aromatic nitrogens is 2. The van der Waals surface area contributed by atoms with Gasteiger partial charge in [-0.3, -0.25) is 4.68 Å². The van der Waals surface area contributed by atoms with Gasteiger partial charge in [-0.1, -0.05) is 0 Å². The Morgan fingerprint density at radius 2 is 2.31 bits per heavy atom. The van der Waals surface area contributed by atoms with Crippen molar-refractivity contribution in [2.75, 3.05) is 6.61 Å². The van der Waals surface area contributed by atoms with Gasteiger partial charge in [0.2, 0.25) is 0 Å². The summed E-state index contributed by atoms with van der Waals surface area (Å²) in [4.78, 5) is 0. The first kappa shape index (κ1) is 10.2. The Labute approximate surface area is 78.6 Å². The molecule has 0 bridgehead atoms. The van der Waals surface area contributed by atoms with E-state index in [4.69, 9.17) is 5.11 Å². The van der Waals surface area contributed by atoms with E-state index in [-0.39, 0.29) is 18.7 Å². The fourth-order valence-corrected chi connectivity index (χ4v) is 1.24. The normalized spacial score (nSPS) is 15.7. The van der Waals surface area contributed by atoms with Gasteiger partial charge in [-0.25, -0.2) is 0 Å².